The molecule has 3 aromatic rings. The van der Waals surface area contributed by atoms with Crippen molar-refractivity contribution in [2.75, 3.05) is 0 Å². The van der Waals surface area contributed by atoms with Crippen LogP contribution in [0.5, 0.6) is 0 Å². The van der Waals surface area contributed by atoms with Crippen LogP contribution in [0.2, 0.25) is 0 Å². The van der Waals surface area contributed by atoms with Crippen LogP contribution in [0.25, 0.3) is 5.69 Å². The predicted octanol–water partition coefficient (Wildman–Crippen LogP) is 5.97. The van der Waals surface area contributed by atoms with E-state index < -0.39 is 11.7 Å². The van der Waals surface area contributed by atoms with Crippen molar-refractivity contribution in [3.8, 4) is 5.69 Å². The molecular formula is C16H11F3N2S3. The van der Waals surface area contributed by atoms with Crippen LogP contribution >= 0.6 is 35.3 Å². The number of halogens is 3. The highest BCUT2D eigenvalue weighted by molar-refractivity contribution is 8.00. The zero-order valence-corrected chi connectivity index (χ0v) is 14.6. The molecule has 0 fully saturated rings. The molecule has 0 saturated carbocycles. The van der Waals surface area contributed by atoms with E-state index in [1.807, 2.05) is 30.3 Å². The van der Waals surface area contributed by atoms with Crippen LogP contribution in [0.4, 0.5) is 13.2 Å². The van der Waals surface area contributed by atoms with Crippen molar-refractivity contribution >= 4 is 35.3 Å². The molecule has 0 aliphatic heterocycles. The summed E-state index contributed by atoms with van der Waals surface area (Å²) in [5, 5.41) is 4.47. The minimum Gasteiger partial charge on any atom is -0.211 e. The molecule has 124 valence electrons. The number of para-hydroxylation sites is 1. The maximum atomic E-state index is 12.6. The predicted molar refractivity (Wildman–Crippen MR) is 93.3 cm³/mol. The summed E-state index contributed by atoms with van der Waals surface area (Å²) in [6.45, 7) is 0. The Balaban J connectivity index is 1.71. The third-order valence-corrected chi connectivity index (χ3v) is 5.61. The highest BCUT2D eigenvalue weighted by Crippen LogP contribution is 2.31. The number of hydrogen-bond donors (Lipinski definition) is 0. The van der Waals surface area contributed by atoms with E-state index in [4.69, 9.17) is 12.2 Å². The maximum Gasteiger partial charge on any atom is 0.416 e. The van der Waals surface area contributed by atoms with Gasteiger partial charge in [0.1, 0.15) is 0 Å². The fourth-order valence-electron chi connectivity index (χ4n) is 1.99. The van der Waals surface area contributed by atoms with Crippen molar-refractivity contribution in [3.63, 3.8) is 0 Å². The lowest BCUT2D eigenvalue weighted by atomic mass is 10.1. The Hall–Kier alpha value is -1.64. The van der Waals surface area contributed by atoms with Crippen molar-refractivity contribution in [3.05, 3.63) is 69.7 Å². The van der Waals surface area contributed by atoms with E-state index in [0.29, 0.717) is 9.71 Å². The van der Waals surface area contributed by atoms with Gasteiger partial charge in [-0.25, -0.2) is 4.68 Å². The minimum atomic E-state index is -4.31. The van der Waals surface area contributed by atoms with Crippen LogP contribution in [-0.2, 0) is 11.9 Å². The summed E-state index contributed by atoms with van der Waals surface area (Å²) < 4.78 is 40.8. The smallest absolute Gasteiger partial charge is 0.211 e. The number of aromatic nitrogens is 2. The van der Waals surface area contributed by atoms with Gasteiger partial charge < -0.3 is 0 Å². The number of hydrogen-bond acceptors (Lipinski definition) is 4. The molecule has 3 rings (SSSR count). The van der Waals surface area contributed by atoms with Gasteiger partial charge in [0.2, 0.25) is 0 Å². The highest BCUT2D eigenvalue weighted by atomic mass is 32.2. The van der Waals surface area contributed by atoms with Gasteiger partial charge in [0.25, 0.3) is 0 Å². The third kappa shape index (κ3) is 4.06. The first-order valence-electron chi connectivity index (χ1n) is 6.88. The molecule has 0 radical (unpaired) electrons. The standard InChI is InChI=1S/C16H11F3N2S3/c17-16(18,19)12-8-6-11(7-9-12)10-23-14-20-21(15(22)24-14)13-4-2-1-3-5-13/h1-9H,10H2. The van der Waals surface area contributed by atoms with Crippen LogP contribution in [0, 0.1) is 3.95 Å². The largest absolute Gasteiger partial charge is 0.416 e. The lowest BCUT2D eigenvalue weighted by Gasteiger charge is -2.06. The molecular weight excluding hydrogens is 373 g/mol. The average Bonchev–Trinajstić information content (AvgIpc) is 2.94. The molecule has 2 aromatic carbocycles. The maximum absolute atomic E-state index is 12.6. The summed E-state index contributed by atoms with van der Waals surface area (Å²) in [5.74, 6) is 0.537. The lowest BCUT2D eigenvalue weighted by Crippen LogP contribution is -2.04. The molecule has 0 bridgehead atoms. The summed E-state index contributed by atoms with van der Waals surface area (Å²) in [6.07, 6.45) is -4.31. The van der Waals surface area contributed by atoms with E-state index in [-0.39, 0.29) is 0 Å². The normalized spacial score (nSPS) is 11.6. The second-order valence-corrected chi connectivity index (χ2v) is 7.71. The molecule has 0 amide bonds. The summed E-state index contributed by atoms with van der Waals surface area (Å²) in [4.78, 5) is 0. The Morgan fingerprint density at radius 2 is 1.71 bits per heavy atom. The van der Waals surface area contributed by atoms with Gasteiger partial charge in [-0.15, -0.1) is 5.10 Å². The van der Waals surface area contributed by atoms with Crippen molar-refractivity contribution in [2.45, 2.75) is 16.3 Å². The Morgan fingerprint density at radius 3 is 2.33 bits per heavy atom. The molecule has 24 heavy (non-hydrogen) atoms. The second-order valence-electron chi connectivity index (χ2n) is 4.86. The number of alkyl halides is 3. The van der Waals surface area contributed by atoms with Gasteiger partial charge in [0, 0.05) is 5.75 Å². The van der Waals surface area contributed by atoms with E-state index in [1.54, 1.807) is 4.68 Å². The molecule has 0 aliphatic carbocycles. The number of rotatable bonds is 4. The van der Waals surface area contributed by atoms with Gasteiger partial charge in [0.15, 0.2) is 8.29 Å². The Labute approximate surface area is 150 Å². The molecule has 8 heteroatoms. The summed E-state index contributed by atoms with van der Waals surface area (Å²) in [5.41, 5.74) is 1.06. The molecule has 1 heterocycles. The first-order chi connectivity index (χ1) is 11.4. The van der Waals surface area contributed by atoms with Gasteiger partial charge in [-0.2, -0.15) is 13.2 Å². The van der Waals surface area contributed by atoms with Crippen LogP contribution in [0.1, 0.15) is 11.1 Å². The number of thioether (sulfide) groups is 1. The molecule has 0 spiro atoms. The fraction of sp³-hybridized carbons (Fsp3) is 0.125. The second kappa shape index (κ2) is 7.08. The van der Waals surface area contributed by atoms with Gasteiger partial charge in [-0.05, 0) is 42.0 Å². The van der Waals surface area contributed by atoms with Crippen LogP contribution < -0.4 is 0 Å². The van der Waals surface area contributed by atoms with Gasteiger partial charge >= 0.3 is 6.18 Å². The summed E-state index contributed by atoms with van der Waals surface area (Å²) >= 11 is 8.17. The third-order valence-electron chi connectivity index (χ3n) is 3.17. The van der Waals surface area contributed by atoms with Crippen LogP contribution in [0.15, 0.2) is 58.9 Å². The van der Waals surface area contributed by atoms with E-state index >= 15 is 0 Å². The highest BCUT2D eigenvalue weighted by Gasteiger charge is 2.29. The van der Waals surface area contributed by atoms with Crippen molar-refractivity contribution < 1.29 is 13.2 Å². The lowest BCUT2D eigenvalue weighted by molar-refractivity contribution is -0.137. The zero-order chi connectivity index (χ0) is 17.2. The molecule has 2 nitrogen and oxygen atoms in total. The summed E-state index contributed by atoms with van der Waals surface area (Å²) in [7, 11) is 0. The first-order valence-corrected chi connectivity index (χ1v) is 9.09. The quantitative estimate of drug-likeness (QED) is 0.407. The van der Waals surface area contributed by atoms with E-state index in [9.17, 15) is 13.2 Å². The van der Waals surface area contributed by atoms with Gasteiger partial charge in [0.05, 0.1) is 11.3 Å². The van der Waals surface area contributed by atoms with Crippen molar-refractivity contribution in [2.24, 2.45) is 0 Å². The number of benzene rings is 2. The van der Waals surface area contributed by atoms with E-state index in [1.165, 1.54) is 35.2 Å². The first kappa shape index (κ1) is 17.2. The summed E-state index contributed by atoms with van der Waals surface area (Å²) in [6, 6.07) is 14.7. The van der Waals surface area contributed by atoms with Crippen molar-refractivity contribution in [1.82, 2.24) is 9.78 Å². The molecule has 0 unspecified atom stereocenters. The molecule has 0 atom stereocenters. The van der Waals surface area contributed by atoms with Crippen LogP contribution in [0.3, 0.4) is 0 Å². The molecule has 0 saturated heterocycles. The Morgan fingerprint density at radius 1 is 1.04 bits per heavy atom. The van der Waals surface area contributed by atoms with Gasteiger partial charge in [-0.3, -0.25) is 0 Å². The van der Waals surface area contributed by atoms with Gasteiger partial charge in [-0.1, -0.05) is 53.4 Å². The average molecular weight is 384 g/mol. The van der Waals surface area contributed by atoms with E-state index in [2.05, 4.69) is 5.10 Å². The minimum absolute atomic E-state index is 0.537. The van der Waals surface area contributed by atoms with Crippen molar-refractivity contribution in [1.29, 1.82) is 0 Å². The monoisotopic (exact) mass is 384 g/mol. The Bertz CT molecular complexity index is 868. The molecule has 0 aliphatic rings. The fourth-order valence-corrected chi connectivity index (χ4v) is 4.30. The van der Waals surface area contributed by atoms with Crippen LogP contribution in [-0.4, -0.2) is 9.78 Å². The molecule has 0 N–H and O–H groups in total. The SMILES string of the molecule is FC(F)(F)c1ccc(CSc2nn(-c3ccccc3)c(=S)s2)cc1. The number of nitrogens with zero attached hydrogens (tertiary/aromatic N) is 2. The topological polar surface area (TPSA) is 17.8 Å². The Kier molecular flexibility index (Phi) is 5.07. The van der Waals surface area contributed by atoms with E-state index in [0.717, 1.165) is 27.7 Å². The zero-order valence-electron chi connectivity index (χ0n) is 12.2. The molecule has 1 aromatic heterocycles.